The van der Waals surface area contributed by atoms with Crippen molar-refractivity contribution in [2.75, 3.05) is 19.6 Å². The van der Waals surface area contributed by atoms with Crippen molar-refractivity contribution in [1.82, 2.24) is 15.5 Å². The third kappa shape index (κ3) is 9.14. The lowest BCUT2D eigenvalue weighted by atomic mass is 10.0. The summed E-state index contributed by atoms with van der Waals surface area (Å²) in [7, 11) is 0. The van der Waals surface area contributed by atoms with E-state index >= 15 is 0 Å². The SMILES string of the molecule is NC(N)=NCCCCNC(=O)C1CCCN1C(=O)[C@@H](Cc1ccccc1)NC(=O)OCc1ccccc1. The number of carbonyl (C=O) groups excluding carboxylic acids is 3. The summed E-state index contributed by atoms with van der Waals surface area (Å²) in [6, 6.07) is 17.3. The third-order valence-electron chi connectivity index (χ3n) is 6.10. The van der Waals surface area contributed by atoms with Gasteiger partial charge >= 0.3 is 6.09 Å². The van der Waals surface area contributed by atoms with E-state index in [1.807, 2.05) is 60.7 Å². The second-order valence-corrected chi connectivity index (χ2v) is 8.94. The number of unbranched alkanes of at least 4 members (excludes halogenated alkanes) is 1. The largest absolute Gasteiger partial charge is 0.445 e. The van der Waals surface area contributed by atoms with Crippen LogP contribution >= 0.6 is 0 Å². The van der Waals surface area contributed by atoms with Crippen molar-refractivity contribution in [2.24, 2.45) is 16.5 Å². The first kappa shape index (κ1) is 27.5. The van der Waals surface area contributed by atoms with E-state index in [1.54, 1.807) is 4.90 Å². The molecule has 198 valence electrons. The Labute approximate surface area is 217 Å². The average molecular weight is 509 g/mol. The fourth-order valence-electron chi connectivity index (χ4n) is 4.23. The number of likely N-dealkylation sites (tertiary alicyclic amines) is 1. The Morgan fingerprint density at radius 2 is 1.68 bits per heavy atom. The standard InChI is InChI=1S/C27H36N6O4/c28-26(29)31-16-8-7-15-30-24(34)23-14-9-17-33(23)25(35)22(18-20-10-3-1-4-11-20)32-27(36)37-19-21-12-5-2-6-13-21/h1-6,10-13,22-23H,7-9,14-19H2,(H,30,34)(H,32,36)(H4,28,29,31)/t22-,23?/m1/s1. The maximum Gasteiger partial charge on any atom is 0.408 e. The molecule has 0 spiro atoms. The number of ether oxygens (including phenoxy) is 1. The molecule has 37 heavy (non-hydrogen) atoms. The Morgan fingerprint density at radius 1 is 1.00 bits per heavy atom. The van der Waals surface area contributed by atoms with Gasteiger partial charge in [-0.25, -0.2) is 4.79 Å². The molecule has 10 nitrogen and oxygen atoms in total. The summed E-state index contributed by atoms with van der Waals surface area (Å²) in [4.78, 5) is 44.6. The van der Waals surface area contributed by atoms with Crippen LogP contribution in [0, 0.1) is 0 Å². The second-order valence-electron chi connectivity index (χ2n) is 8.94. The first-order chi connectivity index (χ1) is 17.9. The number of amides is 3. The summed E-state index contributed by atoms with van der Waals surface area (Å²) in [6.45, 7) is 1.51. The maximum absolute atomic E-state index is 13.6. The highest BCUT2D eigenvalue weighted by atomic mass is 16.5. The number of hydrogen-bond donors (Lipinski definition) is 4. The van der Waals surface area contributed by atoms with E-state index in [9.17, 15) is 14.4 Å². The highest BCUT2D eigenvalue weighted by Crippen LogP contribution is 2.20. The van der Waals surface area contributed by atoms with Crippen LogP contribution in [0.4, 0.5) is 4.79 Å². The summed E-state index contributed by atoms with van der Waals surface area (Å²) in [5.74, 6) is -0.449. The van der Waals surface area contributed by atoms with Gasteiger partial charge in [-0.1, -0.05) is 60.7 Å². The molecule has 1 fully saturated rings. The van der Waals surface area contributed by atoms with Gasteiger partial charge in [-0.2, -0.15) is 0 Å². The Morgan fingerprint density at radius 3 is 2.35 bits per heavy atom. The van der Waals surface area contributed by atoms with Crippen LogP contribution in [0.5, 0.6) is 0 Å². The molecule has 0 saturated carbocycles. The summed E-state index contributed by atoms with van der Waals surface area (Å²) >= 11 is 0. The number of rotatable bonds is 12. The van der Waals surface area contributed by atoms with E-state index in [0.717, 1.165) is 17.5 Å². The van der Waals surface area contributed by atoms with Crippen LogP contribution in [0.1, 0.15) is 36.8 Å². The third-order valence-corrected chi connectivity index (χ3v) is 6.10. The van der Waals surface area contributed by atoms with Crippen molar-refractivity contribution < 1.29 is 19.1 Å². The molecule has 0 aromatic heterocycles. The summed E-state index contributed by atoms with van der Waals surface area (Å²) in [6.07, 6.45) is 2.34. The van der Waals surface area contributed by atoms with Gasteiger partial charge in [-0.05, 0) is 36.8 Å². The summed E-state index contributed by atoms with van der Waals surface area (Å²) < 4.78 is 5.36. The molecule has 1 heterocycles. The van der Waals surface area contributed by atoms with Crippen molar-refractivity contribution in [3.8, 4) is 0 Å². The van der Waals surface area contributed by atoms with Crippen LogP contribution in [-0.2, 0) is 27.4 Å². The van der Waals surface area contributed by atoms with Crippen LogP contribution < -0.4 is 22.1 Å². The predicted molar refractivity (Wildman–Crippen MR) is 141 cm³/mol. The van der Waals surface area contributed by atoms with Crippen molar-refractivity contribution in [3.63, 3.8) is 0 Å². The van der Waals surface area contributed by atoms with Crippen molar-refractivity contribution in [2.45, 2.75) is 50.8 Å². The van der Waals surface area contributed by atoms with Crippen molar-refractivity contribution in [1.29, 1.82) is 0 Å². The smallest absolute Gasteiger partial charge is 0.408 e. The number of aliphatic imine (C=N–C) groups is 1. The minimum Gasteiger partial charge on any atom is -0.445 e. The molecule has 1 unspecified atom stereocenters. The zero-order valence-electron chi connectivity index (χ0n) is 21.0. The Bertz CT molecular complexity index is 1040. The minimum absolute atomic E-state index is 0.0479. The lowest BCUT2D eigenvalue weighted by Crippen LogP contribution is -2.54. The van der Waals surface area contributed by atoms with Gasteiger partial charge in [-0.3, -0.25) is 14.6 Å². The van der Waals surface area contributed by atoms with E-state index in [4.69, 9.17) is 16.2 Å². The van der Waals surface area contributed by atoms with Crippen LogP contribution in [0.15, 0.2) is 65.7 Å². The van der Waals surface area contributed by atoms with Gasteiger partial charge in [0, 0.05) is 26.1 Å². The topological polar surface area (TPSA) is 152 Å². The van der Waals surface area contributed by atoms with Gasteiger partial charge in [0.1, 0.15) is 18.7 Å². The fraction of sp³-hybridized carbons (Fsp3) is 0.407. The predicted octanol–water partition coefficient (Wildman–Crippen LogP) is 1.68. The molecule has 2 atom stereocenters. The zero-order valence-corrected chi connectivity index (χ0v) is 21.0. The number of alkyl carbamates (subject to hydrolysis) is 1. The minimum atomic E-state index is -0.862. The van der Waals surface area contributed by atoms with E-state index in [0.29, 0.717) is 38.9 Å². The van der Waals surface area contributed by atoms with Crippen LogP contribution in [0.2, 0.25) is 0 Å². The van der Waals surface area contributed by atoms with Crippen LogP contribution in [0.3, 0.4) is 0 Å². The van der Waals surface area contributed by atoms with Crippen LogP contribution in [0.25, 0.3) is 0 Å². The Kier molecular flexibility index (Phi) is 10.8. The van der Waals surface area contributed by atoms with E-state index < -0.39 is 18.2 Å². The van der Waals surface area contributed by atoms with Gasteiger partial charge in [0.05, 0.1) is 0 Å². The van der Waals surface area contributed by atoms with E-state index in [-0.39, 0.29) is 30.8 Å². The van der Waals surface area contributed by atoms with Crippen LogP contribution in [-0.4, -0.2) is 60.5 Å². The molecule has 6 N–H and O–H groups in total. The lowest BCUT2D eigenvalue weighted by Gasteiger charge is -2.28. The van der Waals surface area contributed by atoms with Gasteiger partial charge < -0.3 is 31.7 Å². The first-order valence-corrected chi connectivity index (χ1v) is 12.6. The Hall–Kier alpha value is -4.08. The molecule has 0 bridgehead atoms. The molecule has 1 saturated heterocycles. The number of nitrogens with one attached hydrogen (secondary N) is 2. The van der Waals surface area contributed by atoms with Crippen molar-refractivity contribution >= 4 is 23.9 Å². The first-order valence-electron chi connectivity index (χ1n) is 12.6. The molecular weight excluding hydrogens is 472 g/mol. The highest BCUT2D eigenvalue weighted by Gasteiger charge is 2.37. The van der Waals surface area contributed by atoms with Gasteiger partial charge in [0.2, 0.25) is 11.8 Å². The number of nitrogens with zero attached hydrogens (tertiary/aromatic N) is 2. The fourth-order valence-corrected chi connectivity index (χ4v) is 4.23. The molecule has 0 radical (unpaired) electrons. The molecule has 3 rings (SSSR count). The zero-order chi connectivity index (χ0) is 26.5. The van der Waals surface area contributed by atoms with Crippen molar-refractivity contribution in [3.05, 3.63) is 71.8 Å². The highest BCUT2D eigenvalue weighted by molar-refractivity contribution is 5.92. The summed E-state index contributed by atoms with van der Waals surface area (Å²) in [5, 5.41) is 5.64. The Balaban J connectivity index is 1.60. The van der Waals surface area contributed by atoms with E-state index in [1.165, 1.54) is 0 Å². The quantitative estimate of drug-likeness (QED) is 0.194. The number of guanidine groups is 1. The van der Waals surface area contributed by atoms with E-state index in [2.05, 4.69) is 15.6 Å². The molecular formula is C27H36N6O4. The number of nitrogens with two attached hydrogens (primary N) is 2. The summed E-state index contributed by atoms with van der Waals surface area (Å²) in [5.41, 5.74) is 12.4. The average Bonchev–Trinajstić information content (AvgIpc) is 3.40. The number of carbonyl (C=O) groups is 3. The lowest BCUT2D eigenvalue weighted by molar-refractivity contribution is -0.139. The van der Waals surface area contributed by atoms with Gasteiger partial charge in [-0.15, -0.1) is 0 Å². The maximum atomic E-state index is 13.6. The number of benzene rings is 2. The van der Waals surface area contributed by atoms with Gasteiger partial charge in [0.15, 0.2) is 5.96 Å². The molecule has 1 aliphatic rings. The molecule has 0 aliphatic carbocycles. The second kappa shape index (κ2) is 14.5. The number of hydrogen-bond acceptors (Lipinski definition) is 5. The molecule has 1 aliphatic heterocycles. The monoisotopic (exact) mass is 508 g/mol. The molecule has 2 aromatic carbocycles. The van der Waals surface area contributed by atoms with Gasteiger partial charge in [0.25, 0.3) is 0 Å². The molecule has 10 heteroatoms. The molecule has 2 aromatic rings. The normalized spacial score (nSPS) is 15.5. The molecule has 3 amide bonds.